The minimum absolute atomic E-state index is 0.139. The summed E-state index contributed by atoms with van der Waals surface area (Å²) in [6.07, 6.45) is 2.38. The summed E-state index contributed by atoms with van der Waals surface area (Å²) in [6, 6.07) is 7.65. The minimum Gasteiger partial charge on any atom is -0.314 e. The lowest BCUT2D eigenvalue weighted by atomic mass is 9.75. The van der Waals surface area contributed by atoms with Crippen LogP contribution in [0.5, 0.6) is 0 Å². The zero-order valence-corrected chi connectivity index (χ0v) is 13.2. The van der Waals surface area contributed by atoms with Crippen LogP contribution in [0.2, 0.25) is 0 Å². The molecule has 0 atom stereocenters. The van der Waals surface area contributed by atoms with E-state index >= 15 is 0 Å². The van der Waals surface area contributed by atoms with Crippen LogP contribution in [0.4, 0.5) is 4.39 Å². The lowest BCUT2D eigenvalue weighted by Gasteiger charge is -2.38. The molecule has 1 aliphatic carbocycles. The molecule has 1 N–H and O–H groups in total. The molecule has 1 nitrogen and oxygen atoms in total. The second kappa shape index (κ2) is 6.71. The third-order valence-electron chi connectivity index (χ3n) is 4.83. The fourth-order valence-electron chi connectivity index (χ4n) is 3.34. The Morgan fingerprint density at radius 2 is 1.60 bits per heavy atom. The third kappa shape index (κ3) is 3.82. The molecular weight excluding hydrogens is 249 g/mol. The first-order valence-electron chi connectivity index (χ1n) is 7.96. The molecule has 2 heteroatoms. The number of hydrogen-bond donors (Lipinski definition) is 1. The zero-order valence-electron chi connectivity index (χ0n) is 13.2. The van der Waals surface area contributed by atoms with Gasteiger partial charge in [0.2, 0.25) is 0 Å². The molecule has 0 saturated heterocycles. The molecule has 0 radical (unpaired) electrons. The average Bonchev–Trinajstić information content (AvgIpc) is 2.32. The van der Waals surface area contributed by atoms with Crippen molar-refractivity contribution >= 4 is 0 Å². The summed E-state index contributed by atoms with van der Waals surface area (Å²) in [5.74, 6) is 2.69. The smallest absolute Gasteiger partial charge is 0.123 e. The van der Waals surface area contributed by atoms with Crippen LogP contribution in [0.15, 0.2) is 24.3 Å². The maximum Gasteiger partial charge on any atom is 0.123 e. The highest BCUT2D eigenvalue weighted by Gasteiger charge is 2.30. The lowest BCUT2D eigenvalue weighted by molar-refractivity contribution is 0.225. The topological polar surface area (TPSA) is 12.0 Å². The predicted octanol–water partition coefficient (Wildman–Crippen LogP) is 4.59. The molecule has 1 aliphatic rings. The van der Waals surface area contributed by atoms with Gasteiger partial charge in [-0.3, -0.25) is 0 Å². The lowest BCUT2D eigenvalue weighted by Crippen LogP contribution is -2.43. The summed E-state index contributed by atoms with van der Waals surface area (Å²) >= 11 is 0. The van der Waals surface area contributed by atoms with Gasteiger partial charge in [0, 0.05) is 6.04 Å². The molecule has 2 rings (SSSR count). The first-order valence-corrected chi connectivity index (χ1v) is 7.96. The van der Waals surface area contributed by atoms with Crippen LogP contribution in [0.1, 0.15) is 52.0 Å². The summed E-state index contributed by atoms with van der Waals surface area (Å²) in [7, 11) is 0. The van der Waals surface area contributed by atoms with E-state index < -0.39 is 0 Å². The normalized spacial score (nSPS) is 22.6. The van der Waals surface area contributed by atoms with Crippen LogP contribution in [0.25, 0.3) is 0 Å². The van der Waals surface area contributed by atoms with Crippen LogP contribution in [-0.2, 0) is 0 Å². The van der Waals surface area contributed by atoms with Gasteiger partial charge in [-0.2, -0.15) is 0 Å². The fraction of sp³-hybridized carbons (Fsp3) is 0.667. The molecule has 20 heavy (non-hydrogen) atoms. The highest BCUT2D eigenvalue weighted by Crippen LogP contribution is 2.37. The van der Waals surface area contributed by atoms with E-state index in [1.165, 1.54) is 18.4 Å². The first-order chi connectivity index (χ1) is 9.47. The van der Waals surface area contributed by atoms with Gasteiger partial charge in [0.05, 0.1) is 0 Å². The zero-order chi connectivity index (χ0) is 14.7. The van der Waals surface area contributed by atoms with Gasteiger partial charge in [0.25, 0.3) is 0 Å². The summed E-state index contributed by atoms with van der Waals surface area (Å²) in [5.41, 5.74) is 1.29. The van der Waals surface area contributed by atoms with Crippen LogP contribution in [0.3, 0.4) is 0 Å². The van der Waals surface area contributed by atoms with Gasteiger partial charge >= 0.3 is 0 Å². The Kier molecular flexibility index (Phi) is 5.20. The van der Waals surface area contributed by atoms with Crippen LogP contribution >= 0.6 is 0 Å². The fourth-order valence-corrected chi connectivity index (χ4v) is 3.34. The Balaban J connectivity index is 1.75. The van der Waals surface area contributed by atoms with E-state index in [0.29, 0.717) is 12.0 Å². The van der Waals surface area contributed by atoms with E-state index in [9.17, 15) is 4.39 Å². The van der Waals surface area contributed by atoms with Crippen molar-refractivity contribution < 1.29 is 4.39 Å². The van der Waals surface area contributed by atoms with E-state index in [1.807, 2.05) is 12.1 Å². The van der Waals surface area contributed by atoms with E-state index in [2.05, 4.69) is 33.0 Å². The van der Waals surface area contributed by atoms with Gasteiger partial charge < -0.3 is 5.32 Å². The number of benzene rings is 1. The van der Waals surface area contributed by atoms with E-state index in [0.717, 1.165) is 24.3 Å². The Morgan fingerprint density at radius 1 is 1.05 bits per heavy atom. The Morgan fingerprint density at radius 3 is 2.10 bits per heavy atom. The van der Waals surface area contributed by atoms with Crippen molar-refractivity contribution in [2.75, 3.05) is 6.54 Å². The van der Waals surface area contributed by atoms with Gasteiger partial charge in [-0.15, -0.1) is 0 Å². The number of halogens is 1. The molecular formula is C18H28FN. The average molecular weight is 277 g/mol. The van der Waals surface area contributed by atoms with Crippen molar-refractivity contribution in [3.8, 4) is 0 Å². The molecule has 0 heterocycles. The quantitative estimate of drug-likeness (QED) is 0.802. The molecule has 1 saturated carbocycles. The van der Waals surface area contributed by atoms with Gasteiger partial charge in [0.15, 0.2) is 0 Å². The monoisotopic (exact) mass is 277 g/mol. The summed E-state index contributed by atoms with van der Waals surface area (Å²) in [5, 5.41) is 3.72. The Labute approximate surface area is 123 Å². The summed E-state index contributed by atoms with van der Waals surface area (Å²) in [4.78, 5) is 0. The van der Waals surface area contributed by atoms with Gasteiger partial charge in [0.1, 0.15) is 5.82 Å². The molecule has 0 aliphatic heterocycles. The number of nitrogens with one attached hydrogen (secondary N) is 1. The van der Waals surface area contributed by atoms with Crippen molar-refractivity contribution in [2.24, 2.45) is 17.8 Å². The standard InChI is InChI=1S/C18H28FN/c1-12(2)18(13(3)4)11-20-17-9-15(10-17)14-5-7-16(19)8-6-14/h5-8,12-13,15,17-18,20H,9-11H2,1-4H3. The van der Waals surface area contributed by atoms with Crippen LogP contribution in [0, 0.1) is 23.6 Å². The molecule has 112 valence electrons. The molecule has 0 amide bonds. The molecule has 0 bridgehead atoms. The third-order valence-corrected chi connectivity index (χ3v) is 4.83. The Hall–Kier alpha value is -0.890. The number of rotatable bonds is 6. The molecule has 0 spiro atoms. The summed E-state index contributed by atoms with van der Waals surface area (Å²) < 4.78 is 12.9. The largest absolute Gasteiger partial charge is 0.314 e. The van der Waals surface area contributed by atoms with Crippen molar-refractivity contribution in [3.05, 3.63) is 35.6 Å². The van der Waals surface area contributed by atoms with Crippen LogP contribution < -0.4 is 5.32 Å². The van der Waals surface area contributed by atoms with E-state index in [-0.39, 0.29) is 5.82 Å². The Bertz CT molecular complexity index is 396. The molecule has 0 unspecified atom stereocenters. The second-order valence-electron chi connectivity index (χ2n) is 6.98. The predicted molar refractivity (Wildman–Crippen MR) is 83.3 cm³/mol. The number of hydrogen-bond acceptors (Lipinski definition) is 1. The van der Waals surface area contributed by atoms with Gasteiger partial charge in [-0.05, 0) is 60.8 Å². The van der Waals surface area contributed by atoms with Gasteiger partial charge in [-0.1, -0.05) is 39.8 Å². The highest BCUT2D eigenvalue weighted by molar-refractivity contribution is 5.23. The minimum atomic E-state index is -0.139. The summed E-state index contributed by atoms with van der Waals surface area (Å²) in [6.45, 7) is 10.4. The first kappa shape index (κ1) is 15.5. The SMILES string of the molecule is CC(C)C(CNC1CC(c2ccc(F)cc2)C1)C(C)C. The van der Waals surface area contributed by atoms with E-state index in [4.69, 9.17) is 0 Å². The van der Waals surface area contributed by atoms with Crippen LogP contribution in [-0.4, -0.2) is 12.6 Å². The molecule has 1 aromatic rings. The van der Waals surface area contributed by atoms with Crippen molar-refractivity contribution in [1.29, 1.82) is 0 Å². The van der Waals surface area contributed by atoms with Crippen molar-refractivity contribution in [2.45, 2.75) is 52.5 Å². The van der Waals surface area contributed by atoms with Crippen molar-refractivity contribution in [3.63, 3.8) is 0 Å². The van der Waals surface area contributed by atoms with Crippen molar-refractivity contribution in [1.82, 2.24) is 5.32 Å². The van der Waals surface area contributed by atoms with E-state index in [1.54, 1.807) is 12.1 Å². The maximum absolute atomic E-state index is 12.9. The highest BCUT2D eigenvalue weighted by atomic mass is 19.1. The van der Waals surface area contributed by atoms with Gasteiger partial charge in [-0.25, -0.2) is 4.39 Å². The molecule has 1 fully saturated rings. The maximum atomic E-state index is 12.9. The molecule has 1 aromatic carbocycles. The second-order valence-corrected chi connectivity index (χ2v) is 6.98. The molecule has 0 aromatic heterocycles.